The van der Waals surface area contributed by atoms with Gasteiger partial charge in [0.25, 0.3) is 0 Å². The molecule has 0 spiro atoms. The van der Waals surface area contributed by atoms with Gasteiger partial charge in [0.1, 0.15) is 5.75 Å². The van der Waals surface area contributed by atoms with E-state index in [1.165, 1.54) is 7.11 Å². The van der Waals surface area contributed by atoms with Gasteiger partial charge in [-0.15, -0.1) is 0 Å². The summed E-state index contributed by atoms with van der Waals surface area (Å²) < 4.78 is 50.7. The van der Waals surface area contributed by atoms with Gasteiger partial charge in [-0.2, -0.15) is 8.42 Å². The maximum absolute atomic E-state index is 11.8. The molecule has 1 rings (SSSR count). The summed E-state index contributed by atoms with van der Waals surface area (Å²) in [6.07, 6.45) is 0. The highest BCUT2D eigenvalue weighted by Gasteiger charge is 2.10. The lowest BCUT2D eigenvalue weighted by Crippen LogP contribution is -2.11. The molecular weight excluding hydrogens is 395 g/mol. The second kappa shape index (κ2) is 6.80. The van der Waals surface area contributed by atoms with E-state index in [2.05, 4.69) is 4.18 Å². The Hall–Kier alpha value is -0.230. The van der Waals surface area contributed by atoms with Crippen molar-refractivity contribution in [2.45, 2.75) is 4.90 Å². The molecule has 1 aromatic carbocycles. The fraction of sp³-hybridized carbons (Fsp3) is 0.333. The standard InChI is InChI=1S/C9H11IO6S2/c1-15-9-3-2-7(6-8(9)10)17(11)5-4-16-18(12,13)14/h2-3,6H,4-5H2,1H3,(H,12,13,14). The second-order valence-corrected chi connectivity index (χ2v) is 6.92. The van der Waals surface area contributed by atoms with Crippen molar-refractivity contribution in [1.82, 2.24) is 0 Å². The number of ether oxygens (including phenoxy) is 1. The molecule has 0 aliphatic carbocycles. The van der Waals surface area contributed by atoms with Gasteiger partial charge in [0.15, 0.2) is 0 Å². The molecule has 1 aromatic rings. The van der Waals surface area contributed by atoms with E-state index in [1.54, 1.807) is 18.2 Å². The summed E-state index contributed by atoms with van der Waals surface area (Å²) in [6, 6.07) is 4.99. The maximum Gasteiger partial charge on any atom is 0.397 e. The van der Waals surface area contributed by atoms with Gasteiger partial charge in [0.2, 0.25) is 0 Å². The summed E-state index contributed by atoms with van der Waals surface area (Å²) in [7, 11) is -4.34. The minimum Gasteiger partial charge on any atom is -0.496 e. The molecule has 0 saturated carbocycles. The van der Waals surface area contributed by atoms with Crippen LogP contribution in [0.1, 0.15) is 0 Å². The Balaban J connectivity index is 2.65. The topological polar surface area (TPSA) is 89.9 Å². The first kappa shape index (κ1) is 15.8. The molecule has 0 fully saturated rings. The van der Waals surface area contributed by atoms with Crippen molar-refractivity contribution in [2.75, 3.05) is 19.5 Å². The Morgan fingerprint density at radius 3 is 2.61 bits per heavy atom. The molecule has 0 aliphatic rings. The molecule has 1 N–H and O–H groups in total. The van der Waals surface area contributed by atoms with Gasteiger partial charge >= 0.3 is 10.4 Å². The normalized spacial score (nSPS) is 13.3. The number of hydrogen-bond acceptors (Lipinski definition) is 5. The molecule has 0 amide bonds. The summed E-state index contributed by atoms with van der Waals surface area (Å²) in [5, 5.41) is 0. The fourth-order valence-electron chi connectivity index (χ4n) is 1.12. The number of halogens is 1. The van der Waals surface area contributed by atoms with Crippen molar-refractivity contribution in [3.05, 3.63) is 21.8 Å². The van der Waals surface area contributed by atoms with Crippen LogP contribution in [0, 0.1) is 3.57 Å². The molecule has 0 bridgehead atoms. The number of benzene rings is 1. The molecule has 18 heavy (non-hydrogen) atoms. The van der Waals surface area contributed by atoms with E-state index in [-0.39, 0.29) is 12.4 Å². The zero-order valence-corrected chi connectivity index (χ0v) is 13.1. The average molecular weight is 406 g/mol. The molecule has 6 nitrogen and oxygen atoms in total. The lowest BCUT2D eigenvalue weighted by molar-refractivity contribution is 0.284. The zero-order chi connectivity index (χ0) is 13.8. The van der Waals surface area contributed by atoms with Crippen molar-refractivity contribution in [3.63, 3.8) is 0 Å². The SMILES string of the molecule is COc1ccc(S(=O)CCOS(=O)(=O)O)cc1I. The molecule has 0 saturated heterocycles. The van der Waals surface area contributed by atoms with Crippen molar-refractivity contribution < 1.29 is 26.1 Å². The van der Waals surface area contributed by atoms with Gasteiger partial charge in [0.05, 0.1) is 33.8 Å². The van der Waals surface area contributed by atoms with Crippen LogP contribution < -0.4 is 4.74 Å². The van der Waals surface area contributed by atoms with Gasteiger partial charge in [-0.25, -0.2) is 4.18 Å². The van der Waals surface area contributed by atoms with Crippen LogP contribution >= 0.6 is 22.6 Å². The molecule has 9 heteroatoms. The average Bonchev–Trinajstić information content (AvgIpc) is 2.27. The van der Waals surface area contributed by atoms with E-state index in [9.17, 15) is 12.6 Å². The summed E-state index contributed by atoms with van der Waals surface area (Å²) in [6.45, 7) is -0.339. The van der Waals surface area contributed by atoms with Crippen LogP contribution in [0.2, 0.25) is 0 Å². The summed E-state index contributed by atoms with van der Waals surface area (Å²) >= 11 is 2.04. The third-order valence-electron chi connectivity index (χ3n) is 1.89. The quantitative estimate of drug-likeness (QED) is 0.565. The van der Waals surface area contributed by atoms with Crippen molar-refractivity contribution in [2.24, 2.45) is 0 Å². The lowest BCUT2D eigenvalue weighted by atomic mass is 10.3. The van der Waals surface area contributed by atoms with Gasteiger partial charge in [-0.05, 0) is 40.8 Å². The van der Waals surface area contributed by atoms with E-state index in [0.29, 0.717) is 10.6 Å². The molecule has 0 radical (unpaired) electrons. The molecular formula is C9H11IO6S2. The number of hydrogen-bond donors (Lipinski definition) is 1. The molecule has 0 heterocycles. The monoisotopic (exact) mass is 406 g/mol. The van der Waals surface area contributed by atoms with Crippen LogP contribution in [-0.2, 0) is 25.4 Å². The first-order valence-electron chi connectivity index (χ1n) is 4.67. The molecule has 1 unspecified atom stereocenters. The van der Waals surface area contributed by atoms with Crippen LogP contribution in [-0.4, -0.2) is 36.6 Å². The highest BCUT2D eigenvalue weighted by atomic mass is 127. The Morgan fingerprint density at radius 2 is 2.11 bits per heavy atom. The van der Waals surface area contributed by atoms with Crippen molar-refractivity contribution in [3.8, 4) is 5.75 Å². The second-order valence-electron chi connectivity index (χ2n) is 3.10. The highest BCUT2D eigenvalue weighted by Crippen LogP contribution is 2.23. The molecule has 102 valence electrons. The smallest absolute Gasteiger partial charge is 0.397 e. The minimum atomic E-state index is -4.48. The fourth-order valence-corrected chi connectivity index (χ4v) is 3.41. The molecule has 0 aromatic heterocycles. The van der Waals surface area contributed by atoms with Crippen LogP contribution in [0.5, 0.6) is 5.75 Å². The van der Waals surface area contributed by atoms with E-state index in [4.69, 9.17) is 9.29 Å². The Kier molecular flexibility index (Phi) is 5.98. The van der Waals surface area contributed by atoms with Crippen LogP contribution in [0.15, 0.2) is 23.1 Å². The highest BCUT2D eigenvalue weighted by molar-refractivity contribution is 14.1. The van der Waals surface area contributed by atoms with E-state index in [1.807, 2.05) is 22.6 Å². The van der Waals surface area contributed by atoms with Crippen molar-refractivity contribution >= 4 is 43.8 Å². The summed E-state index contributed by atoms with van der Waals surface area (Å²) in [4.78, 5) is 0.541. The van der Waals surface area contributed by atoms with E-state index < -0.39 is 21.2 Å². The molecule has 1 atom stereocenters. The summed E-state index contributed by atoms with van der Waals surface area (Å²) in [5.74, 6) is 0.646. The van der Waals surface area contributed by atoms with Gasteiger partial charge in [-0.3, -0.25) is 8.76 Å². The van der Waals surface area contributed by atoms with Crippen LogP contribution in [0.25, 0.3) is 0 Å². The van der Waals surface area contributed by atoms with E-state index >= 15 is 0 Å². The van der Waals surface area contributed by atoms with Gasteiger partial charge in [0, 0.05) is 4.90 Å². The van der Waals surface area contributed by atoms with Gasteiger partial charge in [-0.1, -0.05) is 0 Å². The minimum absolute atomic E-state index is 0.0256. The number of rotatable bonds is 6. The van der Waals surface area contributed by atoms with Crippen molar-refractivity contribution in [1.29, 1.82) is 0 Å². The lowest BCUT2D eigenvalue weighted by Gasteiger charge is -2.06. The van der Waals surface area contributed by atoms with E-state index in [0.717, 1.165) is 3.57 Å². The third-order valence-corrected chi connectivity index (χ3v) is 4.51. The Morgan fingerprint density at radius 1 is 1.44 bits per heavy atom. The predicted octanol–water partition coefficient (Wildman–Crippen LogP) is 1.23. The largest absolute Gasteiger partial charge is 0.496 e. The first-order valence-corrected chi connectivity index (χ1v) is 8.43. The third kappa shape index (κ3) is 5.18. The maximum atomic E-state index is 11.8. The van der Waals surface area contributed by atoms with Gasteiger partial charge < -0.3 is 4.74 Å². The van der Waals surface area contributed by atoms with Crippen LogP contribution in [0.3, 0.4) is 0 Å². The number of methoxy groups -OCH3 is 1. The van der Waals surface area contributed by atoms with Crippen LogP contribution in [0.4, 0.5) is 0 Å². The predicted molar refractivity (Wildman–Crippen MR) is 74.5 cm³/mol. The summed E-state index contributed by atoms with van der Waals surface area (Å²) in [5.41, 5.74) is 0. The molecule has 0 aliphatic heterocycles. The first-order chi connectivity index (χ1) is 8.33. The Labute approximate surface area is 121 Å². The zero-order valence-electron chi connectivity index (χ0n) is 9.33. The Bertz CT molecular complexity index is 542.